The molecule has 2 aromatic carbocycles. The highest BCUT2D eigenvalue weighted by molar-refractivity contribution is 5.97. The lowest BCUT2D eigenvalue weighted by molar-refractivity contribution is -0.141. The highest BCUT2D eigenvalue weighted by atomic mass is 16.6. The summed E-state index contributed by atoms with van der Waals surface area (Å²) in [6.45, 7) is 0. The molecule has 1 aliphatic rings. The van der Waals surface area contributed by atoms with Gasteiger partial charge in [0.2, 0.25) is 5.91 Å². The Morgan fingerprint density at radius 2 is 1.84 bits per heavy atom. The van der Waals surface area contributed by atoms with Crippen LogP contribution in [0.4, 0.5) is 5.69 Å². The molecule has 1 heterocycles. The zero-order chi connectivity index (χ0) is 18.0. The molecular weight excluding hydrogens is 326 g/mol. The number of carboxylic acids is 1. The van der Waals surface area contributed by atoms with E-state index in [0.29, 0.717) is 0 Å². The van der Waals surface area contributed by atoms with E-state index in [2.05, 4.69) is 5.32 Å². The molecule has 1 fully saturated rings. The Bertz CT molecular complexity index is 833. The van der Waals surface area contributed by atoms with E-state index in [4.69, 9.17) is 9.84 Å². The third-order valence-corrected chi connectivity index (χ3v) is 3.97. The van der Waals surface area contributed by atoms with Crippen molar-refractivity contribution in [1.82, 2.24) is 0 Å². The number of esters is 1. The van der Waals surface area contributed by atoms with Crippen molar-refractivity contribution < 1.29 is 29.3 Å². The third-order valence-electron chi connectivity index (χ3n) is 3.97. The Morgan fingerprint density at radius 1 is 1.12 bits per heavy atom. The summed E-state index contributed by atoms with van der Waals surface area (Å²) in [7, 11) is 0. The maximum atomic E-state index is 12.5. The minimum absolute atomic E-state index is 0.0510. The fraction of sp³-hybridized carbons (Fsp3) is 0.167. The van der Waals surface area contributed by atoms with Crippen molar-refractivity contribution in [3.63, 3.8) is 0 Å². The van der Waals surface area contributed by atoms with Crippen LogP contribution in [0.3, 0.4) is 0 Å². The number of anilines is 1. The molecule has 0 aromatic heterocycles. The molecule has 0 aliphatic carbocycles. The first-order valence-corrected chi connectivity index (χ1v) is 7.57. The van der Waals surface area contributed by atoms with Crippen LogP contribution < -0.4 is 5.32 Å². The fourth-order valence-corrected chi connectivity index (χ4v) is 2.76. The largest absolute Gasteiger partial charge is 0.507 e. The highest BCUT2D eigenvalue weighted by Gasteiger charge is 2.40. The second-order valence-corrected chi connectivity index (χ2v) is 5.66. The molecule has 3 N–H and O–H groups in total. The maximum Gasteiger partial charge on any atom is 0.339 e. The van der Waals surface area contributed by atoms with Gasteiger partial charge in [-0.2, -0.15) is 0 Å². The molecule has 7 nitrogen and oxygen atoms in total. The van der Waals surface area contributed by atoms with Crippen molar-refractivity contribution in [3.8, 4) is 5.75 Å². The lowest BCUT2D eigenvalue weighted by Crippen LogP contribution is -2.25. The quantitative estimate of drug-likeness (QED) is 0.736. The van der Waals surface area contributed by atoms with Crippen LogP contribution in [-0.4, -0.2) is 28.1 Å². The Hall–Kier alpha value is -3.35. The number of cyclic esters (lactones) is 1. The molecule has 2 atom stereocenters. The minimum Gasteiger partial charge on any atom is -0.507 e. The number of hydrogen-bond acceptors (Lipinski definition) is 5. The molecule has 3 rings (SSSR count). The van der Waals surface area contributed by atoms with Gasteiger partial charge in [-0.25, -0.2) is 4.79 Å². The van der Waals surface area contributed by atoms with Crippen LogP contribution in [0.25, 0.3) is 0 Å². The number of rotatable bonds is 4. The summed E-state index contributed by atoms with van der Waals surface area (Å²) in [6.07, 6.45) is -0.731. The molecule has 0 saturated carbocycles. The second kappa shape index (κ2) is 6.64. The van der Waals surface area contributed by atoms with Gasteiger partial charge in [0.15, 0.2) is 0 Å². The summed E-state index contributed by atoms with van der Waals surface area (Å²) < 4.78 is 5.27. The first-order valence-electron chi connectivity index (χ1n) is 7.57. The summed E-state index contributed by atoms with van der Waals surface area (Å²) in [5.41, 5.74) is 0.691. The van der Waals surface area contributed by atoms with Gasteiger partial charge in [0.05, 0.1) is 12.3 Å². The monoisotopic (exact) mass is 341 g/mol. The number of carbonyl (C=O) groups is 3. The van der Waals surface area contributed by atoms with Gasteiger partial charge >= 0.3 is 11.9 Å². The van der Waals surface area contributed by atoms with Crippen molar-refractivity contribution in [1.29, 1.82) is 0 Å². The number of amides is 1. The molecule has 1 amide bonds. The van der Waals surface area contributed by atoms with Crippen molar-refractivity contribution in [2.45, 2.75) is 12.5 Å². The van der Waals surface area contributed by atoms with Crippen LogP contribution in [0.1, 0.15) is 28.4 Å². The van der Waals surface area contributed by atoms with E-state index in [1.807, 2.05) is 6.07 Å². The van der Waals surface area contributed by atoms with Crippen LogP contribution in [0.15, 0.2) is 48.5 Å². The summed E-state index contributed by atoms with van der Waals surface area (Å²) in [4.78, 5) is 35.1. The zero-order valence-corrected chi connectivity index (χ0v) is 13.0. The zero-order valence-electron chi connectivity index (χ0n) is 13.0. The number of aromatic hydroxyl groups is 1. The molecule has 1 aliphatic heterocycles. The molecule has 0 radical (unpaired) electrons. The summed E-state index contributed by atoms with van der Waals surface area (Å²) in [6, 6.07) is 12.7. The normalized spacial score (nSPS) is 19.3. The highest BCUT2D eigenvalue weighted by Crippen LogP contribution is 2.36. The van der Waals surface area contributed by atoms with Crippen LogP contribution >= 0.6 is 0 Å². The molecular formula is C18H15NO6. The molecule has 7 heteroatoms. The van der Waals surface area contributed by atoms with Crippen LogP contribution in [0.2, 0.25) is 0 Å². The molecule has 0 unspecified atom stereocenters. The van der Waals surface area contributed by atoms with E-state index in [1.165, 1.54) is 12.1 Å². The van der Waals surface area contributed by atoms with Gasteiger partial charge < -0.3 is 20.3 Å². The molecule has 1 saturated heterocycles. The van der Waals surface area contributed by atoms with Crippen molar-refractivity contribution >= 4 is 23.5 Å². The Morgan fingerprint density at radius 3 is 2.48 bits per heavy atom. The van der Waals surface area contributed by atoms with E-state index in [1.54, 1.807) is 24.3 Å². The third kappa shape index (κ3) is 3.45. The topological polar surface area (TPSA) is 113 Å². The van der Waals surface area contributed by atoms with Gasteiger partial charge in [-0.1, -0.05) is 30.3 Å². The van der Waals surface area contributed by atoms with Crippen LogP contribution in [0.5, 0.6) is 5.75 Å². The van der Waals surface area contributed by atoms with Gasteiger partial charge in [0, 0.05) is 11.8 Å². The number of hydrogen-bond donors (Lipinski definition) is 3. The molecule has 2 aromatic rings. The van der Waals surface area contributed by atoms with Gasteiger partial charge in [0.1, 0.15) is 17.4 Å². The minimum atomic E-state index is -1.27. The van der Waals surface area contributed by atoms with Crippen molar-refractivity contribution in [3.05, 3.63) is 59.7 Å². The van der Waals surface area contributed by atoms with Crippen LogP contribution in [-0.2, 0) is 14.3 Å². The first kappa shape index (κ1) is 16.5. The van der Waals surface area contributed by atoms with E-state index in [9.17, 15) is 19.5 Å². The summed E-state index contributed by atoms with van der Waals surface area (Å²) >= 11 is 0. The number of carboxylic acid groups (broad SMARTS) is 1. The smallest absolute Gasteiger partial charge is 0.339 e. The van der Waals surface area contributed by atoms with E-state index in [0.717, 1.165) is 11.6 Å². The second-order valence-electron chi connectivity index (χ2n) is 5.66. The maximum absolute atomic E-state index is 12.5. The van der Waals surface area contributed by atoms with Crippen molar-refractivity contribution in [2.24, 2.45) is 5.92 Å². The van der Waals surface area contributed by atoms with Gasteiger partial charge in [-0.15, -0.1) is 0 Å². The van der Waals surface area contributed by atoms with Gasteiger partial charge in [-0.05, 0) is 17.7 Å². The molecule has 0 spiro atoms. The van der Waals surface area contributed by atoms with Gasteiger partial charge in [0.25, 0.3) is 0 Å². The Balaban J connectivity index is 1.79. The SMILES string of the molecule is O=C1C[C@@H](C(=O)Nc2ccc(C(=O)O)c(O)c2)[C@H](c2ccccc2)O1. The summed E-state index contributed by atoms with van der Waals surface area (Å²) in [5, 5.41) is 21.2. The average molecular weight is 341 g/mol. The summed E-state index contributed by atoms with van der Waals surface area (Å²) in [5.74, 6) is -3.34. The number of nitrogens with one attached hydrogen (secondary N) is 1. The van der Waals surface area contributed by atoms with E-state index < -0.39 is 35.6 Å². The Kier molecular flexibility index (Phi) is 4.38. The lowest BCUT2D eigenvalue weighted by atomic mass is 9.94. The number of aromatic carboxylic acids is 1. The van der Waals surface area contributed by atoms with Crippen LogP contribution in [0, 0.1) is 5.92 Å². The number of carbonyl (C=O) groups excluding carboxylic acids is 2. The molecule has 25 heavy (non-hydrogen) atoms. The van der Waals surface area contributed by atoms with Gasteiger partial charge in [-0.3, -0.25) is 9.59 Å². The first-order chi connectivity index (χ1) is 12.0. The standard InChI is InChI=1S/C18H15NO6/c20-14-8-11(6-7-12(14)18(23)24)19-17(22)13-9-15(21)25-16(13)10-4-2-1-3-5-10/h1-8,13,16,20H,9H2,(H,19,22)(H,23,24)/t13-,16+/m1/s1. The number of ether oxygens (including phenoxy) is 1. The predicted molar refractivity (Wildman–Crippen MR) is 87.1 cm³/mol. The fourth-order valence-electron chi connectivity index (χ4n) is 2.76. The lowest BCUT2D eigenvalue weighted by Gasteiger charge is -2.17. The van der Waals surface area contributed by atoms with E-state index >= 15 is 0 Å². The average Bonchev–Trinajstić information content (AvgIpc) is 2.97. The molecule has 0 bridgehead atoms. The molecule has 128 valence electrons. The predicted octanol–water partition coefficient (Wildman–Crippen LogP) is 2.33. The number of benzene rings is 2. The van der Waals surface area contributed by atoms with Crippen molar-refractivity contribution in [2.75, 3.05) is 5.32 Å². The van der Waals surface area contributed by atoms with E-state index in [-0.39, 0.29) is 17.7 Å². The number of phenols is 1. The Labute approximate surface area is 142 Å².